The van der Waals surface area contributed by atoms with E-state index >= 15 is 0 Å². The number of anilines is 1. The molecule has 1 N–H and O–H groups in total. The number of benzene rings is 2. The van der Waals surface area contributed by atoms with Crippen LogP contribution in [0.2, 0.25) is 0 Å². The zero-order valence-electron chi connectivity index (χ0n) is 17.2. The van der Waals surface area contributed by atoms with E-state index in [1.165, 1.54) is 0 Å². The normalized spacial score (nSPS) is 15.9. The number of nitrogens with zero attached hydrogens (tertiary/aromatic N) is 2. The van der Waals surface area contributed by atoms with E-state index in [0.717, 1.165) is 43.7 Å². The standard InChI is InChI=1S/C24H29N3O2/c1-3-19(20-7-5-4-6-8-20)17-24(29)25-22-11-9-21(10-12-22)23(28)18-27-15-13-26(2)14-16-27/h4-12,17H,3,13-16,18H2,1-2H3,(H,25,29)/b19-17+. The van der Waals surface area contributed by atoms with Crippen LogP contribution >= 0.6 is 0 Å². The van der Waals surface area contributed by atoms with E-state index in [1.54, 1.807) is 30.3 Å². The van der Waals surface area contributed by atoms with Crippen LogP contribution in [0.15, 0.2) is 60.7 Å². The SMILES string of the molecule is CC/C(=C\C(=O)Nc1ccc(C(=O)CN2CCN(C)CC2)cc1)c1ccccc1. The molecule has 0 bridgehead atoms. The molecular weight excluding hydrogens is 362 g/mol. The maximum atomic E-state index is 12.5. The molecule has 152 valence electrons. The summed E-state index contributed by atoms with van der Waals surface area (Å²) in [5.41, 5.74) is 3.40. The van der Waals surface area contributed by atoms with E-state index < -0.39 is 0 Å². The lowest BCUT2D eigenvalue weighted by atomic mass is 10.0. The molecule has 2 aromatic rings. The summed E-state index contributed by atoms with van der Waals surface area (Å²) in [7, 11) is 2.10. The van der Waals surface area contributed by atoms with Gasteiger partial charge < -0.3 is 10.2 Å². The Hall–Kier alpha value is -2.76. The quantitative estimate of drug-likeness (QED) is 0.579. The number of rotatable bonds is 7. The predicted octanol–water partition coefficient (Wildman–Crippen LogP) is 3.55. The largest absolute Gasteiger partial charge is 0.323 e. The van der Waals surface area contributed by atoms with Crippen LogP contribution in [0, 0.1) is 0 Å². The molecule has 0 saturated carbocycles. The van der Waals surface area contributed by atoms with Crippen molar-refractivity contribution in [2.75, 3.05) is 45.1 Å². The maximum absolute atomic E-state index is 12.5. The van der Waals surface area contributed by atoms with Gasteiger partial charge in [0.05, 0.1) is 6.54 Å². The fourth-order valence-corrected chi connectivity index (χ4v) is 3.42. The smallest absolute Gasteiger partial charge is 0.248 e. The van der Waals surface area contributed by atoms with Crippen molar-refractivity contribution in [2.24, 2.45) is 0 Å². The van der Waals surface area contributed by atoms with Crippen LogP contribution in [0.4, 0.5) is 5.69 Å². The fourth-order valence-electron chi connectivity index (χ4n) is 3.42. The first-order valence-corrected chi connectivity index (χ1v) is 10.2. The lowest BCUT2D eigenvalue weighted by Gasteiger charge is -2.31. The number of hydrogen-bond donors (Lipinski definition) is 1. The number of Topliss-reactive ketones (excluding diaryl/α,β-unsaturated/α-hetero) is 1. The number of likely N-dealkylation sites (N-methyl/N-ethyl adjacent to an activating group) is 1. The van der Waals surface area contributed by atoms with Gasteiger partial charge in [-0.3, -0.25) is 14.5 Å². The van der Waals surface area contributed by atoms with Crippen molar-refractivity contribution in [1.82, 2.24) is 9.80 Å². The monoisotopic (exact) mass is 391 g/mol. The molecule has 1 aliphatic rings. The van der Waals surface area contributed by atoms with Gasteiger partial charge in [-0.15, -0.1) is 0 Å². The Morgan fingerprint density at radius 1 is 0.931 bits per heavy atom. The Morgan fingerprint density at radius 3 is 2.21 bits per heavy atom. The highest BCUT2D eigenvalue weighted by molar-refractivity contribution is 6.04. The topological polar surface area (TPSA) is 52.7 Å². The molecule has 1 heterocycles. The van der Waals surface area contributed by atoms with Gasteiger partial charge in [-0.05, 0) is 48.9 Å². The van der Waals surface area contributed by atoms with Crippen molar-refractivity contribution in [3.63, 3.8) is 0 Å². The van der Waals surface area contributed by atoms with Crippen molar-refractivity contribution in [2.45, 2.75) is 13.3 Å². The van der Waals surface area contributed by atoms with Gasteiger partial charge in [0, 0.05) is 43.5 Å². The van der Waals surface area contributed by atoms with Crippen molar-refractivity contribution < 1.29 is 9.59 Å². The van der Waals surface area contributed by atoms with Gasteiger partial charge in [0.2, 0.25) is 5.91 Å². The number of carbonyl (C=O) groups excluding carboxylic acids is 2. The molecule has 0 aliphatic carbocycles. The van der Waals surface area contributed by atoms with Crippen LogP contribution in [-0.4, -0.2) is 61.3 Å². The highest BCUT2D eigenvalue weighted by Crippen LogP contribution is 2.18. The number of amides is 1. The average molecular weight is 392 g/mol. The molecule has 0 atom stereocenters. The minimum atomic E-state index is -0.165. The highest BCUT2D eigenvalue weighted by Gasteiger charge is 2.17. The van der Waals surface area contributed by atoms with E-state index in [0.29, 0.717) is 17.8 Å². The Morgan fingerprint density at radius 2 is 1.59 bits per heavy atom. The molecule has 0 unspecified atom stereocenters. The van der Waals surface area contributed by atoms with Crippen molar-refractivity contribution in [3.05, 3.63) is 71.8 Å². The molecule has 1 fully saturated rings. The molecule has 1 amide bonds. The molecule has 2 aromatic carbocycles. The van der Waals surface area contributed by atoms with Gasteiger partial charge in [0.1, 0.15) is 0 Å². The summed E-state index contributed by atoms with van der Waals surface area (Å²) >= 11 is 0. The lowest BCUT2D eigenvalue weighted by molar-refractivity contribution is -0.111. The number of hydrogen-bond acceptors (Lipinski definition) is 4. The third-order valence-electron chi connectivity index (χ3n) is 5.27. The van der Waals surface area contributed by atoms with Gasteiger partial charge in [-0.25, -0.2) is 0 Å². The lowest BCUT2D eigenvalue weighted by Crippen LogP contribution is -2.46. The summed E-state index contributed by atoms with van der Waals surface area (Å²) in [6, 6.07) is 17.1. The maximum Gasteiger partial charge on any atom is 0.248 e. The summed E-state index contributed by atoms with van der Waals surface area (Å²) < 4.78 is 0. The van der Waals surface area contributed by atoms with Gasteiger partial charge in [-0.2, -0.15) is 0 Å². The number of ketones is 1. The van der Waals surface area contributed by atoms with E-state index in [-0.39, 0.29) is 11.7 Å². The minimum absolute atomic E-state index is 0.115. The van der Waals surface area contributed by atoms with Gasteiger partial charge >= 0.3 is 0 Å². The molecular formula is C24H29N3O2. The zero-order chi connectivity index (χ0) is 20.6. The van der Waals surface area contributed by atoms with Crippen LogP contribution in [0.25, 0.3) is 5.57 Å². The fraction of sp³-hybridized carbons (Fsp3) is 0.333. The summed E-state index contributed by atoms with van der Waals surface area (Å²) in [6.45, 7) is 6.31. The molecule has 1 saturated heterocycles. The van der Waals surface area contributed by atoms with Crippen molar-refractivity contribution >= 4 is 23.0 Å². The second-order valence-electron chi connectivity index (χ2n) is 7.46. The first-order valence-electron chi connectivity index (χ1n) is 10.2. The van der Waals surface area contributed by atoms with Crippen LogP contribution in [0.1, 0.15) is 29.3 Å². The summed E-state index contributed by atoms with van der Waals surface area (Å²) in [5.74, 6) is -0.0492. The van der Waals surface area contributed by atoms with Crippen LogP contribution in [0.3, 0.4) is 0 Å². The number of piperazine rings is 1. The van der Waals surface area contributed by atoms with E-state index in [1.807, 2.05) is 37.3 Å². The Balaban J connectivity index is 1.57. The molecule has 0 spiro atoms. The minimum Gasteiger partial charge on any atom is -0.323 e. The average Bonchev–Trinajstić information content (AvgIpc) is 2.74. The van der Waals surface area contributed by atoms with Gasteiger partial charge in [0.25, 0.3) is 0 Å². The third-order valence-corrected chi connectivity index (χ3v) is 5.27. The van der Waals surface area contributed by atoms with Crippen LogP contribution in [0.5, 0.6) is 0 Å². The predicted molar refractivity (Wildman–Crippen MR) is 118 cm³/mol. The van der Waals surface area contributed by atoms with E-state index in [4.69, 9.17) is 0 Å². The first kappa shape index (κ1) is 21.0. The Labute approximate surface area is 173 Å². The van der Waals surface area contributed by atoms with E-state index in [9.17, 15) is 9.59 Å². The molecule has 0 radical (unpaired) electrons. The molecule has 29 heavy (non-hydrogen) atoms. The number of allylic oxidation sites excluding steroid dienone is 1. The van der Waals surface area contributed by atoms with Crippen LogP contribution < -0.4 is 5.32 Å². The molecule has 5 heteroatoms. The Kier molecular flexibility index (Phi) is 7.33. The summed E-state index contributed by atoms with van der Waals surface area (Å²) in [5, 5.41) is 2.89. The summed E-state index contributed by atoms with van der Waals surface area (Å²) in [4.78, 5) is 29.4. The van der Waals surface area contributed by atoms with E-state index in [2.05, 4.69) is 22.2 Å². The number of nitrogens with one attached hydrogen (secondary N) is 1. The van der Waals surface area contributed by atoms with Crippen LogP contribution in [-0.2, 0) is 4.79 Å². The second kappa shape index (κ2) is 10.1. The summed E-state index contributed by atoms with van der Waals surface area (Å²) in [6.07, 6.45) is 2.42. The third kappa shape index (κ3) is 6.11. The Bertz CT molecular complexity index is 851. The molecule has 5 nitrogen and oxygen atoms in total. The van der Waals surface area contributed by atoms with Gasteiger partial charge in [-0.1, -0.05) is 37.3 Å². The second-order valence-corrected chi connectivity index (χ2v) is 7.46. The first-order chi connectivity index (χ1) is 14.0. The van der Waals surface area contributed by atoms with Crippen molar-refractivity contribution in [3.8, 4) is 0 Å². The van der Waals surface area contributed by atoms with Crippen molar-refractivity contribution in [1.29, 1.82) is 0 Å². The molecule has 1 aliphatic heterocycles. The molecule has 0 aromatic heterocycles. The highest BCUT2D eigenvalue weighted by atomic mass is 16.1. The zero-order valence-corrected chi connectivity index (χ0v) is 17.2. The number of carbonyl (C=O) groups is 2. The molecule has 3 rings (SSSR count). The van der Waals surface area contributed by atoms with Gasteiger partial charge in [0.15, 0.2) is 5.78 Å².